The third kappa shape index (κ3) is 3.79. The molecule has 2 aromatic rings. The zero-order valence-electron chi connectivity index (χ0n) is 14.9. The van der Waals surface area contributed by atoms with Gasteiger partial charge in [-0.1, -0.05) is 11.6 Å². The molecule has 0 saturated heterocycles. The van der Waals surface area contributed by atoms with Crippen LogP contribution >= 0.6 is 11.6 Å². The summed E-state index contributed by atoms with van der Waals surface area (Å²) in [6.45, 7) is 2.14. The van der Waals surface area contributed by atoms with Crippen molar-refractivity contribution in [1.29, 1.82) is 0 Å². The normalized spacial score (nSPS) is 17.0. The van der Waals surface area contributed by atoms with Crippen LogP contribution in [0.1, 0.15) is 17.3 Å². The number of nitrogens with zero attached hydrogens (tertiary/aromatic N) is 2. The van der Waals surface area contributed by atoms with Crippen LogP contribution in [-0.2, 0) is 10.0 Å². The minimum atomic E-state index is -4.02. The van der Waals surface area contributed by atoms with Gasteiger partial charge < -0.3 is 14.4 Å². The number of hydrogen-bond acceptors (Lipinski definition) is 6. The second kappa shape index (κ2) is 7.24. The van der Waals surface area contributed by atoms with E-state index >= 15 is 0 Å². The maximum atomic E-state index is 12.8. The van der Waals surface area contributed by atoms with Gasteiger partial charge in [0.15, 0.2) is 0 Å². The number of aromatic nitrogens is 1. The summed E-state index contributed by atoms with van der Waals surface area (Å²) in [4.78, 5) is 18.0. The second-order valence-electron chi connectivity index (χ2n) is 6.05. The molecule has 8 nitrogen and oxygen atoms in total. The summed E-state index contributed by atoms with van der Waals surface area (Å²) in [6, 6.07) is 5.52. The number of carbonyl (C=O) groups excluding carboxylic acids is 1. The molecule has 27 heavy (non-hydrogen) atoms. The molecule has 2 heterocycles. The number of ether oxygens (including phenoxy) is 2. The van der Waals surface area contributed by atoms with Crippen molar-refractivity contribution in [3.8, 4) is 11.6 Å². The molecule has 1 aliphatic rings. The number of carbonyl (C=O) groups is 1. The number of sulfonamides is 1. The Hall–Kier alpha value is -2.52. The first kappa shape index (κ1) is 19.2. The van der Waals surface area contributed by atoms with E-state index in [1.165, 1.54) is 42.5 Å². The lowest BCUT2D eigenvalue weighted by atomic mass is 10.2. The van der Waals surface area contributed by atoms with E-state index in [-0.39, 0.29) is 44.7 Å². The summed E-state index contributed by atoms with van der Waals surface area (Å²) in [6.07, 6.45) is 1.29. The molecular weight excluding hydrogens is 394 g/mol. The number of pyridine rings is 1. The predicted molar refractivity (Wildman–Crippen MR) is 100 cm³/mol. The molecule has 1 aromatic heterocycles. The van der Waals surface area contributed by atoms with Gasteiger partial charge in [-0.15, -0.1) is 0 Å². The Morgan fingerprint density at radius 1 is 1.37 bits per heavy atom. The average Bonchev–Trinajstić information content (AvgIpc) is 2.74. The maximum Gasteiger partial charge on any atom is 0.265 e. The highest BCUT2D eigenvalue weighted by Gasteiger charge is 2.28. The number of hydrogen-bond donors (Lipinski definition) is 1. The van der Waals surface area contributed by atoms with Crippen molar-refractivity contribution in [2.75, 3.05) is 25.5 Å². The molecule has 1 amide bonds. The van der Waals surface area contributed by atoms with Gasteiger partial charge in [0.2, 0.25) is 5.88 Å². The smallest absolute Gasteiger partial charge is 0.265 e. The number of halogens is 1. The number of amides is 1. The number of fused-ring (bicyclic) bond motifs is 1. The molecule has 10 heteroatoms. The zero-order chi connectivity index (χ0) is 19.8. The van der Waals surface area contributed by atoms with Gasteiger partial charge in [-0.3, -0.25) is 9.52 Å². The summed E-state index contributed by atoms with van der Waals surface area (Å²) < 4.78 is 38.6. The van der Waals surface area contributed by atoms with Gasteiger partial charge in [0.1, 0.15) is 22.8 Å². The van der Waals surface area contributed by atoms with Gasteiger partial charge in [0, 0.05) is 12.1 Å². The highest BCUT2D eigenvalue weighted by molar-refractivity contribution is 7.92. The monoisotopic (exact) mass is 411 g/mol. The average molecular weight is 412 g/mol. The molecule has 0 spiro atoms. The largest absolute Gasteiger partial charge is 0.495 e. The third-order valence-electron chi connectivity index (χ3n) is 4.19. The van der Waals surface area contributed by atoms with Gasteiger partial charge in [0.25, 0.3) is 15.9 Å². The fourth-order valence-corrected chi connectivity index (χ4v) is 4.02. The SMILES string of the molecule is COc1ccc(Cl)cc1S(=O)(=O)Nc1cnc2c(c1)C(=O)N(C)[C@@H](C)CO2. The van der Waals surface area contributed by atoms with Crippen molar-refractivity contribution >= 4 is 33.2 Å². The first-order valence-corrected chi connectivity index (χ1v) is 9.85. The Morgan fingerprint density at radius 3 is 2.81 bits per heavy atom. The van der Waals surface area contributed by atoms with Gasteiger partial charge in [-0.2, -0.15) is 0 Å². The Bertz CT molecular complexity index is 996. The number of anilines is 1. The number of nitrogens with one attached hydrogen (secondary N) is 1. The van der Waals surface area contributed by atoms with Crippen LogP contribution in [0.2, 0.25) is 5.02 Å². The molecule has 0 aliphatic carbocycles. The zero-order valence-corrected chi connectivity index (χ0v) is 16.5. The summed E-state index contributed by atoms with van der Waals surface area (Å²) in [5.74, 6) is 0.00551. The van der Waals surface area contributed by atoms with Crippen LogP contribution in [-0.4, -0.2) is 51.0 Å². The van der Waals surface area contributed by atoms with Crippen LogP contribution in [0.25, 0.3) is 0 Å². The molecule has 0 fully saturated rings. The molecule has 0 unspecified atom stereocenters. The highest BCUT2D eigenvalue weighted by atomic mass is 35.5. The Kier molecular flexibility index (Phi) is 5.16. The van der Waals surface area contributed by atoms with Gasteiger partial charge in [0.05, 0.1) is 25.0 Å². The summed E-state index contributed by atoms with van der Waals surface area (Å²) in [5, 5.41) is 0.246. The van der Waals surface area contributed by atoms with Gasteiger partial charge in [-0.25, -0.2) is 13.4 Å². The van der Waals surface area contributed by atoms with Crippen molar-refractivity contribution in [2.24, 2.45) is 0 Å². The van der Waals surface area contributed by atoms with Gasteiger partial charge in [-0.05, 0) is 31.2 Å². The Balaban J connectivity index is 1.98. The Morgan fingerprint density at radius 2 is 2.11 bits per heavy atom. The van der Waals surface area contributed by atoms with Gasteiger partial charge >= 0.3 is 0 Å². The fraction of sp³-hybridized carbons (Fsp3) is 0.294. The topological polar surface area (TPSA) is 97.8 Å². The van der Waals surface area contributed by atoms with Crippen molar-refractivity contribution in [3.63, 3.8) is 0 Å². The van der Waals surface area contributed by atoms with Crippen molar-refractivity contribution in [3.05, 3.63) is 41.0 Å². The molecule has 144 valence electrons. The van der Waals surface area contributed by atoms with Crippen LogP contribution in [0.4, 0.5) is 5.69 Å². The lowest BCUT2D eigenvalue weighted by Crippen LogP contribution is -2.36. The van der Waals surface area contributed by atoms with Crippen molar-refractivity contribution in [2.45, 2.75) is 17.9 Å². The van der Waals surface area contributed by atoms with E-state index in [9.17, 15) is 13.2 Å². The molecule has 0 saturated carbocycles. The molecule has 1 aliphatic heterocycles. The quantitative estimate of drug-likeness (QED) is 0.829. The highest BCUT2D eigenvalue weighted by Crippen LogP contribution is 2.30. The molecule has 0 bridgehead atoms. The predicted octanol–water partition coefficient (Wildman–Crippen LogP) is 2.40. The molecule has 3 rings (SSSR count). The van der Waals surface area contributed by atoms with E-state index in [1.54, 1.807) is 7.05 Å². The van der Waals surface area contributed by atoms with E-state index < -0.39 is 10.0 Å². The van der Waals surface area contributed by atoms with Crippen LogP contribution in [0, 0.1) is 0 Å². The first-order chi connectivity index (χ1) is 12.7. The standard InChI is InChI=1S/C17H18ClN3O5S/c1-10-9-26-16-13(17(22)21(10)2)7-12(8-19-16)20-27(23,24)15-6-11(18)4-5-14(15)25-3/h4-8,10,20H,9H2,1-3H3/t10-/m0/s1. The van der Waals surface area contributed by atoms with E-state index in [0.717, 1.165) is 0 Å². The summed E-state index contributed by atoms with van der Waals surface area (Å²) in [7, 11) is -1.01. The minimum absolute atomic E-state index is 0.121. The number of methoxy groups -OCH3 is 1. The van der Waals surface area contributed by atoms with Crippen LogP contribution < -0.4 is 14.2 Å². The summed E-state index contributed by atoms with van der Waals surface area (Å²) >= 11 is 5.92. The molecule has 1 N–H and O–H groups in total. The maximum absolute atomic E-state index is 12.8. The number of rotatable bonds is 4. The number of benzene rings is 1. The van der Waals surface area contributed by atoms with E-state index in [4.69, 9.17) is 21.1 Å². The van der Waals surface area contributed by atoms with Crippen molar-refractivity contribution < 1.29 is 22.7 Å². The summed E-state index contributed by atoms with van der Waals surface area (Å²) in [5.41, 5.74) is 0.302. The third-order valence-corrected chi connectivity index (χ3v) is 5.83. The number of likely N-dealkylation sites (N-methyl/N-ethyl adjacent to an activating group) is 1. The van der Waals surface area contributed by atoms with Crippen molar-refractivity contribution in [1.82, 2.24) is 9.88 Å². The van der Waals surface area contributed by atoms with Crippen LogP contribution in [0.3, 0.4) is 0 Å². The molecular formula is C17H18ClN3O5S. The van der Waals surface area contributed by atoms with E-state index in [1.807, 2.05) is 6.92 Å². The lowest BCUT2D eigenvalue weighted by Gasteiger charge is -2.20. The van der Waals surface area contributed by atoms with Crippen LogP contribution in [0.15, 0.2) is 35.4 Å². The Labute approximate surface area is 162 Å². The second-order valence-corrected chi connectivity index (χ2v) is 8.14. The molecule has 1 atom stereocenters. The minimum Gasteiger partial charge on any atom is -0.495 e. The molecule has 1 aromatic carbocycles. The van der Waals surface area contributed by atoms with E-state index in [2.05, 4.69) is 9.71 Å². The fourth-order valence-electron chi connectivity index (χ4n) is 2.55. The van der Waals surface area contributed by atoms with Crippen LogP contribution in [0.5, 0.6) is 11.6 Å². The first-order valence-electron chi connectivity index (χ1n) is 7.99. The molecule has 0 radical (unpaired) electrons. The van der Waals surface area contributed by atoms with E-state index in [0.29, 0.717) is 6.61 Å². The lowest BCUT2D eigenvalue weighted by molar-refractivity contribution is 0.0732.